The third kappa shape index (κ3) is 4.28. The van der Waals surface area contributed by atoms with Crippen LogP contribution in [0.25, 0.3) is 0 Å². The predicted octanol–water partition coefficient (Wildman–Crippen LogP) is 0.811. The van der Waals surface area contributed by atoms with Gasteiger partial charge in [0.05, 0.1) is 10.9 Å². The highest BCUT2D eigenvalue weighted by Crippen LogP contribution is 2.18. The van der Waals surface area contributed by atoms with Gasteiger partial charge in [0.25, 0.3) is 0 Å². The summed E-state index contributed by atoms with van der Waals surface area (Å²) in [6, 6.07) is 5.09. The second-order valence-electron chi connectivity index (χ2n) is 5.41. The molecule has 2 rings (SSSR count). The lowest BCUT2D eigenvalue weighted by Crippen LogP contribution is -2.58. The second kappa shape index (κ2) is 6.95. The van der Waals surface area contributed by atoms with Crippen LogP contribution in [0.1, 0.15) is 0 Å². The average Bonchev–Trinajstić information content (AvgIpc) is 2.52. The highest BCUT2D eigenvalue weighted by Gasteiger charge is 2.32. The van der Waals surface area contributed by atoms with Crippen LogP contribution in [0.15, 0.2) is 29.2 Å². The van der Waals surface area contributed by atoms with Crippen molar-refractivity contribution in [3.8, 4) is 5.75 Å². The van der Waals surface area contributed by atoms with E-state index in [1.807, 2.05) is 0 Å². The molecule has 1 aliphatic rings. The van der Waals surface area contributed by atoms with E-state index in [9.17, 15) is 23.1 Å². The van der Waals surface area contributed by atoms with E-state index in [0.29, 0.717) is 5.75 Å². The van der Waals surface area contributed by atoms with Gasteiger partial charge in [-0.2, -0.15) is 0 Å². The van der Waals surface area contributed by atoms with Gasteiger partial charge >= 0.3 is 12.2 Å². The molecule has 1 unspecified atom stereocenters. The summed E-state index contributed by atoms with van der Waals surface area (Å²) in [6.07, 6.45) is -1.15. The van der Waals surface area contributed by atoms with Crippen LogP contribution < -0.4 is 4.74 Å². The molecule has 1 aliphatic heterocycles. The minimum atomic E-state index is -3.31. The quantitative estimate of drug-likeness (QED) is 0.816. The number of hydrogen-bond donors (Lipinski definition) is 2. The first-order chi connectivity index (χ1) is 11.2. The van der Waals surface area contributed by atoms with Crippen LogP contribution in [0.4, 0.5) is 9.59 Å². The van der Waals surface area contributed by atoms with E-state index in [2.05, 4.69) is 0 Å². The molecule has 1 saturated heterocycles. The van der Waals surface area contributed by atoms with Gasteiger partial charge in [0, 0.05) is 25.9 Å². The smallest absolute Gasteiger partial charge is 0.407 e. The predicted molar refractivity (Wildman–Crippen MR) is 83.2 cm³/mol. The summed E-state index contributed by atoms with van der Waals surface area (Å²) < 4.78 is 28.3. The number of rotatable bonds is 4. The van der Waals surface area contributed by atoms with Crippen molar-refractivity contribution in [1.82, 2.24) is 9.80 Å². The Labute approximate surface area is 139 Å². The Morgan fingerprint density at radius 1 is 1.17 bits per heavy atom. The van der Waals surface area contributed by atoms with E-state index in [1.54, 1.807) is 0 Å². The fourth-order valence-electron chi connectivity index (χ4n) is 2.40. The summed E-state index contributed by atoms with van der Waals surface area (Å²) in [5.41, 5.74) is 0. The van der Waals surface area contributed by atoms with E-state index < -0.39 is 28.1 Å². The lowest BCUT2D eigenvalue weighted by molar-refractivity contribution is 0.0462. The number of carbonyl (C=O) groups is 2. The van der Waals surface area contributed by atoms with Gasteiger partial charge in [0.15, 0.2) is 9.84 Å². The first kappa shape index (κ1) is 17.9. The first-order valence-corrected chi connectivity index (χ1v) is 8.98. The number of carboxylic acid groups (broad SMARTS) is 2. The summed E-state index contributed by atoms with van der Waals surface area (Å²) in [5, 5.41) is 18.2. The number of piperazine rings is 1. The molecule has 0 radical (unpaired) electrons. The van der Waals surface area contributed by atoms with E-state index >= 15 is 0 Å². The molecule has 0 aromatic heterocycles. The van der Waals surface area contributed by atoms with E-state index in [-0.39, 0.29) is 31.1 Å². The molecule has 1 aromatic rings. The minimum absolute atomic E-state index is 0.0169. The largest absolute Gasteiger partial charge is 0.491 e. The van der Waals surface area contributed by atoms with Crippen molar-refractivity contribution in [3.63, 3.8) is 0 Å². The van der Waals surface area contributed by atoms with Gasteiger partial charge in [-0.15, -0.1) is 0 Å². The van der Waals surface area contributed by atoms with Gasteiger partial charge in [-0.3, -0.25) is 4.90 Å². The molecule has 132 valence electrons. The first-order valence-electron chi connectivity index (χ1n) is 7.09. The van der Waals surface area contributed by atoms with Crippen LogP contribution in [-0.2, 0) is 9.84 Å². The Morgan fingerprint density at radius 3 is 2.29 bits per heavy atom. The van der Waals surface area contributed by atoms with Gasteiger partial charge in [0.1, 0.15) is 12.4 Å². The molecule has 2 amide bonds. The Bertz CT molecular complexity index is 717. The van der Waals surface area contributed by atoms with Crippen LogP contribution in [0.2, 0.25) is 0 Å². The van der Waals surface area contributed by atoms with Crippen molar-refractivity contribution in [2.45, 2.75) is 10.9 Å². The van der Waals surface area contributed by atoms with Crippen molar-refractivity contribution in [2.24, 2.45) is 0 Å². The van der Waals surface area contributed by atoms with Crippen molar-refractivity contribution in [1.29, 1.82) is 0 Å². The molecule has 1 heterocycles. The minimum Gasteiger partial charge on any atom is -0.491 e. The number of nitrogens with zero attached hydrogens (tertiary/aromatic N) is 2. The Morgan fingerprint density at radius 2 is 1.79 bits per heavy atom. The zero-order valence-corrected chi connectivity index (χ0v) is 13.8. The fraction of sp³-hybridized carbons (Fsp3) is 0.429. The van der Waals surface area contributed by atoms with E-state index in [4.69, 9.17) is 9.84 Å². The van der Waals surface area contributed by atoms with Crippen LogP contribution in [0.3, 0.4) is 0 Å². The normalized spacial score (nSPS) is 18.3. The number of hydrogen-bond acceptors (Lipinski definition) is 5. The van der Waals surface area contributed by atoms with Gasteiger partial charge in [-0.25, -0.2) is 18.0 Å². The topological polar surface area (TPSA) is 124 Å². The third-order valence-corrected chi connectivity index (χ3v) is 4.82. The highest BCUT2D eigenvalue weighted by molar-refractivity contribution is 7.90. The lowest BCUT2D eigenvalue weighted by atomic mass is 10.2. The Kier molecular flexibility index (Phi) is 5.17. The molecule has 24 heavy (non-hydrogen) atoms. The maximum absolute atomic E-state index is 11.4. The molecule has 1 fully saturated rings. The van der Waals surface area contributed by atoms with Crippen LogP contribution >= 0.6 is 0 Å². The molecular formula is C14H18N2O7S. The van der Waals surface area contributed by atoms with Crippen LogP contribution in [-0.4, -0.2) is 79.2 Å². The van der Waals surface area contributed by atoms with Gasteiger partial charge < -0.3 is 19.8 Å². The van der Waals surface area contributed by atoms with E-state index in [0.717, 1.165) is 16.1 Å². The van der Waals surface area contributed by atoms with Crippen molar-refractivity contribution >= 4 is 22.0 Å². The maximum atomic E-state index is 11.4. The molecule has 1 aromatic carbocycles. The number of ether oxygens (including phenoxy) is 1. The Balaban J connectivity index is 2.04. The molecule has 0 aliphatic carbocycles. The number of benzene rings is 1. The molecule has 0 bridgehead atoms. The van der Waals surface area contributed by atoms with E-state index in [1.165, 1.54) is 24.3 Å². The maximum Gasteiger partial charge on any atom is 0.407 e. The van der Waals surface area contributed by atoms with Gasteiger partial charge in [-0.1, -0.05) is 0 Å². The number of amides is 2. The lowest BCUT2D eigenvalue weighted by Gasteiger charge is -2.38. The molecule has 0 spiro atoms. The van der Waals surface area contributed by atoms with Gasteiger partial charge in [0.2, 0.25) is 0 Å². The molecular weight excluding hydrogens is 340 g/mol. The standard InChI is InChI=1S/C14H18N2O7S/c1-24(21,22)12-4-2-11(3-5-12)23-9-10-8-15(13(17)18)6-7-16(10)14(19)20/h2-5,10H,6-9H2,1H3,(H,17,18)(H,19,20). The third-order valence-electron chi connectivity index (χ3n) is 3.69. The van der Waals surface area contributed by atoms with Crippen molar-refractivity contribution in [2.75, 3.05) is 32.5 Å². The molecule has 2 N–H and O–H groups in total. The zero-order chi connectivity index (χ0) is 17.9. The monoisotopic (exact) mass is 358 g/mol. The SMILES string of the molecule is CS(=O)(=O)c1ccc(OCC2CN(C(=O)O)CCN2C(=O)O)cc1. The molecule has 9 nitrogen and oxygen atoms in total. The average molecular weight is 358 g/mol. The van der Waals surface area contributed by atoms with Crippen LogP contribution in [0, 0.1) is 0 Å². The van der Waals surface area contributed by atoms with Crippen LogP contribution in [0.5, 0.6) is 5.75 Å². The Hall–Kier alpha value is -2.49. The summed E-state index contributed by atoms with van der Waals surface area (Å²) >= 11 is 0. The molecule has 1 atom stereocenters. The van der Waals surface area contributed by atoms with Crippen molar-refractivity contribution in [3.05, 3.63) is 24.3 Å². The summed E-state index contributed by atoms with van der Waals surface area (Å²) in [4.78, 5) is 24.7. The number of sulfone groups is 1. The summed E-state index contributed by atoms with van der Waals surface area (Å²) in [7, 11) is -3.31. The fourth-order valence-corrected chi connectivity index (χ4v) is 3.03. The van der Waals surface area contributed by atoms with Crippen molar-refractivity contribution < 1.29 is 33.0 Å². The molecule has 0 saturated carbocycles. The molecule has 10 heteroatoms. The highest BCUT2D eigenvalue weighted by atomic mass is 32.2. The summed E-state index contributed by atoms with van der Waals surface area (Å²) in [6.45, 7) is 0.168. The zero-order valence-electron chi connectivity index (χ0n) is 13.0. The second-order valence-corrected chi connectivity index (χ2v) is 7.43. The summed E-state index contributed by atoms with van der Waals surface area (Å²) in [5.74, 6) is 0.375. The van der Waals surface area contributed by atoms with Gasteiger partial charge in [-0.05, 0) is 24.3 Å².